The number of benzene rings is 1. The average Bonchev–Trinajstić information content (AvgIpc) is 2.26. The largest absolute Gasteiger partial charge is 0.507 e. The molecule has 94 valence electrons. The van der Waals surface area contributed by atoms with Crippen LogP contribution in [0, 0.1) is 6.92 Å². The minimum absolute atomic E-state index is 0.387. The van der Waals surface area contributed by atoms with E-state index in [1.807, 2.05) is 18.9 Å². The van der Waals surface area contributed by atoms with Crippen molar-refractivity contribution in [3.8, 4) is 5.75 Å². The van der Waals surface area contributed by atoms with Gasteiger partial charge in [-0.15, -0.1) is 0 Å². The van der Waals surface area contributed by atoms with Gasteiger partial charge in [-0.1, -0.05) is 0 Å². The van der Waals surface area contributed by atoms with E-state index in [-0.39, 0.29) is 11.3 Å². The highest BCUT2D eigenvalue weighted by atomic mass is 19.3. The quantitative estimate of drug-likeness (QED) is 0.649. The Morgan fingerprint density at radius 3 is 2.65 bits per heavy atom. The molecule has 3 nitrogen and oxygen atoms in total. The molecule has 1 rings (SSSR count). The Bertz CT molecular complexity index is 419. The molecule has 0 heterocycles. The van der Waals surface area contributed by atoms with Crippen molar-refractivity contribution in [1.29, 1.82) is 0 Å². The summed E-state index contributed by atoms with van der Waals surface area (Å²) in [4.78, 5) is 5.94. The molecule has 5 heteroatoms. The third kappa shape index (κ3) is 3.41. The van der Waals surface area contributed by atoms with Crippen molar-refractivity contribution in [1.82, 2.24) is 4.90 Å². The van der Waals surface area contributed by atoms with Gasteiger partial charge in [0.25, 0.3) is 6.43 Å². The number of nitrogens with zero attached hydrogens (tertiary/aromatic N) is 2. The van der Waals surface area contributed by atoms with Crippen LogP contribution in [0.4, 0.5) is 14.5 Å². The van der Waals surface area contributed by atoms with E-state index in [9.17, 15) is 13.9 Å². The molecule has 0 aliphatic rings. The first-order valence-electron chi connectivity index (χ1n) is 5.31. The molecular formula is C12H16F2N2O. The van der Waals surface area contributed by atoms with Crippen LogP contribution in [0.2, 0.25) is 0 Å². The van der Waals surface area contributed by atoms with Gasteiger partial charge in [0.2, 0.25) is 0 Å². The molecule has 17 heavy (non-hydrogen) atoms. The Balaban J connectivity index is 3.08. The maximum Gasteiger partial charge on any atom is 0.267 e. The van der Waals surface area contributed by atoms with Crippen molar-refractivity contribution in [3.05, 3.63) is 23.3 Å². The zero-order valence-electron chi connectivity index (χ0n) is 10.1. The van der Waals surface area contributed by atoms with Crippen LogP contribution in [0.5, 0.6) is 5.75 Å². The molecule has 0 unspecified atom stereocenters. The minimum atomic E-state index is -2.70. The van der Waals surface area contributed by atoms with Gasteiger partial charge in [0, 0.05) is 13.6 Å². The second-order valence-corrected chi connectivity index (χ2v) is 3.82. The SMILES string of the molecule is CCN(C)C=Nc1cc(C(F)F)c(O)cc1C. The van der Waals surface area contributed by atoms with Crippen molar-refractivity contribution in [2.75, 3.05) is 13.6 Å². The van der Waals surface area contributed by atoms with Crippen LogP contribution < -0.4 is 0 Å². The van der Waals surface area contributed by atoms with Crippen molar-refractivity contribution in [2.45, 2.75) is 20.3 Å². The predicted octanol–water partition coefficient (Wildman–Crippen LogP) is 3.25. The minimum Gasteiger partial charge on any atom is -0.507 e. The summed E-state index contributed by atoms with van der Waals surface area (Å²) in [5, 5.41) is 9.37. The molecule has 0 aromatic heterocycles. The average molecular weight is 242 g/mol. The first kappa shape index (κ1) is 13.4. The second kappa shape index (κ2) is 5.61. The number of aryl methyl sites for hydroxylation is 1. The smallest absolute Gasteiger partial charge is 0.267 e. The number of aliphatic imine (C=N–C) groups is 1. The molecule has 0 saturated carbocycles. The number of phenolic OH excluding ortho intramolecular Hbond substituents is 1. The van der Waals surface area contributed by atoms with Crippen LogP contribution >= 0.6 is 0 Å². The zero-order valence-corrected chi connectivity index (χ0v) is 10.1. The number of alkyl halides is 2. The van der Waals surface area contributed by atoms with Gasteiger partial charge in [-0.05, 0) is 31.5 Å². The first-order valence-corrected chi connectivity index (χ1v) is 5.31. The number of hydrogen-bond acceptors (Lipinski definition) is 2. The lowest BCUT2D eigenvalue weighted by Crippen LogP contribution is -2.14. The molecular weight excluding hydrogens is 226 g/mol. The van der Waals surface area contributed by atoms with E-state index in [0.29, 0.717) is 11.3 Å². The van der Waals surface area contributed by atoms with Gasteiger partial charge >= 0.3 is 0 Å². The van der Waals surface area contributed by atoms with E-state index < -0.39 is 6.43 Å². The van der Waals surface area contributed by atoms with Crippen LogP contribution in [-0.4, -0.2) is 29.9 Å². The van der Waals surface area contributed by atoms with E-state index in [1.54, 1.807) is 13.3 Å². The number of phenols is 1. The molecule has 0 aliphatic heterocycles. The summed E-state index contributed by atoms with van der Waals surface area (Å²) in [7, 11) is 1.84. The molecule has 1 N–H and O–H groups in total. The topological polar surface area (TPSA) is 35.8 Å². The molecule has 1 aromatic rings. The lowest BCUT2D eigenvalue weighted by atomic mass is 10.1. The van der Waals surface area contributed by atoms with Crippen molar-refractivity contribution >= 4 is 12.0 Å². The van der Waals surface area contributed by atoms with Gasteiger partial charge in [0.15, 0.2) is 0 Å². The van der Waals surface area contributed by atoms with Gasteiger partial charge in [-0.25, -0.2) is 13.8 Å². The Kier molecular flexibility index (Phi) is 4.43. The molecule has 0 spiro atoms. The maximum atomic E-state index is 12.6. The third-order valence-electron chi connectivity index (χ3n) is 2.47. The molecule has 0 aliphatic carbocycles. The van der Waals surface area contributed by atoms with E-state index >= 15 is 0 Å². The van der Waals surface area contributed by atoms with Crippen LogP contribution in [0.15, 0.2) is 17.1 Å². The highest BCUT2D eigenvalue weighted by molar-refractivity contribution is 5.64. The van der Waals surface area contributed by atoms with Crippen LogP contribution in [0.1, 0.15) is 24.5 Å². The summed E-state index contributed by atoms with van der Waals surface area (Å²) in [6, 6.07) is 2.52. The number of hydrogen-bond donors (Lipinski definition) is 1. The van der Waals surface area contributed by atoms with Crippen molar-refractivity contribution < 1.29 is 13.9 Å². The summed E-state index contributed by atoms with van der Waals surface area (Å²) >= 11 is 0. The summed E-state index contributed by atoms with van der Waals surface area (Å²) in [5.41, 5.74) is 0.716. The fraction of sp³-hybridized carbons (Fsp3) is 0.417. The Morgan fingerprint density at radius 1 is 1.47 bits per heavy atom. The highest BCUT2D eigenvalue weighted by Gasteiger charge is 2.14. The van der Waals surface area contributed by atoms with Crippen LogP contribution in [0.3, 0.4) is 0 Å². The molecule has 0 bridgehead atoms. The summed E-state index contributed by atoms with van der Waals surface area (Å²) in [5.74, 6) is -0.389. The molecule has 0 amide bonds. The van der Waals surface area contributed by atoms with E-state index in [4.69, 9.17) is 0 Å². The van der Waals surface area contributed by atoms with E-state index in [1.165, 1.54) is 12.1 Å². The highest BCUT2D eigenvalue weighted by Crippen LogP contribution is 2.33. The second-order valence-electron chi connectivity index (χ2n) is 3.82. The van der Waals surface area contributed by atoms with Gasteiger partial charge in [0.1, 0.15) is 5.75 Å². The van der Waals surface area contributed by atoms with Gasteiger partial charge in [-0.2, -0.15) is 0 Å². The Labute approximate surface area is 99.4 Å². The molecule has 0 atom stereocenters. The van der Waals surface area contributed by atoms with E-state index in [2.05, 4.69) is 4.99 Å². The fourth-order valence-corrected chi connectivity index (χ4v) is 1.25. The van der Waals surface area contributed by atoms with Gasteiger partial charge < -0.3 is 10.0 Å². The number of aromatic hydroxyl groups is 1. The lowest BCUT2D eigenvalue weighted by molar-refractivity contribution is 0.147. The summed E-state index contributed by atoms with van der Waals surface area (Å²) in [6.07, 6.45) is -1.12. The monoisotopic (exact) mass is 242 g/mol. The van der Waals surface area contributed by atoms with Gasteiger partial charge in [0.05, 0.1) is 17.6 Å². The molecule has 0 saturated heterocycles. The normalized spacial score (nSPS) is 11.4. The van der Waals surface area contributed by atoms with Gasteiger partial charge in [-0.3, -0.25) is 0 Å². The summed E-state index contributed by atoms with van der Waals surface area (Å²) in [6.45, 7) is 4.45. The maximum absolute atomic E-state index is 12.6. The lowest BCUT2D eigenvalue weighted by Gasteiger charge is -2.10. The Morgan fingerprint density at radius 2 is 2.12 bits per heavy atom. The summed E-state index contributed by atoms with van der Waals surface area (Å²) < 4.78 is 25.2. The van der Waals surface area contributed by atoms with E-state index in [0.717, 1.165) is 6.54 Å². The predicted molar refractivity (Wildman–Crippen MR) is 64.3 cm³/mol. The zero-order chi connectivity index (χ0) is 13.0. The standard InChI is InChI=1S/C12H16F2N2O/c1-4-16(3)7-15-10-6-9(12(13)14)11(17)5-8(10)2/h5-7,12,17H,4H2,1-3H3. The third-order valence-corrected chi connectivity index (χ3v) is 2.47. The first-order chi connectivity index (χ1) is 7.95. The van der Waals surface area contributed by atoms with Crippen molar-refractivity contribution in [2.24, 2.45) is 4.99 Å². The fourth-order valence-electron chi connectivity index (χ4n) is 1.25. The van der Waals surface area contributed by atoms with Crippen molar-refractivity contribution in [3.63, 3.8) is 0 Å². The number of rotatable bonds is 4. The number of halogens is 2. The molecule has 0 radical (unpaired) electrons. The van der Waals surface area contributed by atoms with Crippen LogP contribution in [-0.2, 0) is 0 Å². The molecule has 1 aromatic carbocycles. The van der Waals surface area contributed by atoms with Crippen LogP contribution in [0.25, 0.3) is 0 Å². The Hall–Kier alpha value is -1.65. The molecule has 0 fully saturated rings.